The summed E-state index contributed by atoms with van der Waals surface area (Å²) in [6, 6.07) is 2.70. The number of hydrogen-bond donors (Lipinski definition) is 0. The molecule has 0 saturated heterocycles. The molecule has 0 radical (unpaired) electrons. The van der Waals surface area contributed by atoms with Crippen molar-refractivity contribution in [2.75, 3.05) is 32.3 Å². The minimum atomic E-state index is -5.07. The maximum Gasteiger partial charge on any atom is 0.416 e. The number of hydrogen-bond acceptors (Lipinski definition) is 6. The Hall–Kier alpha value is -3.84. The van der Waals surface area contributed by atoms with Crippen LogP contribution in [-0.2, 0) is 28.4 Å². The van der Waals surface area contributed by atoms with E-state index in [4.69, 9.17) is 18.9 Å². The fourth-order valence-corrected chi connectivity index (χ4v) is 5.31. The van der Waals surface area contributed by atoms with Crippen molar-refractivity contribution in [3.05, 3.63) is 52.6 Å². The van der Waals surface area contributed by atoms with E-state index in [9.17, 15) is 35.9 Å². The zero-order valence-corrected chi connectivity index (χ0v) is 25.8. The van der Waals surface area contributed by atoms with E-state index in [0.717, 1.165) is 37.7 Å². The number of ether oxygens (including phenoxy) is 4. The van der Waals surface area contributed by atoms with Gasteiger partial charge in [0.2, 0.25) is 0 Å². The zero-order valence-electron chi connectivity index (χ0n) is 25.8. The molecule has 0 saturated carbocycles. The van der Waals surface area contributed by atoms with Gasteiger partial charge in [-0.25, -0.2) is 9.59 Å². The van der Waals surface area contributed by atoms with E-state index < -0.39 is 59.9 Å². The molecular weight excluding hydrogens is 610 g/mol. The Kier molecular flexibility index (Phi) is 11.8. The third-order valence-corrected chi connectivity index (χ3v) is 7.44. The van der Waals surface area contributed by atoms with Crippen molar-refractivity contribution < 1.29 is 54.9 Å². The van der Waals surface area contributed by atoms with Crippen LogP contribution in [0, 0.1) is 0 Å². The first-order chi connectivity index (χ1) is 21.2. The van der Waals surface area contributed by atoms with Gasteiger partial charge in [-0.15, -0.1) is 0 Å². The number of unbranched alkanes of at least 4 members (excludes halogenated alkanes) is 3. The van der Waals surface area contributed by atoms with E-state index in [1.54, 1.807) is 26.0 Å². The molecule has 250 valence electrons. The first-order valence-electron chi connectivity index (χ1n) is 14.6. The van der Waals surface area contributed by atoms with Crippen molar-refractivity contribution in [3.63, 3.8) is 0 Å². The molecule has 8 nitrogen and oxygen atoms in total. The smallest absolute Gasteiger partial charge is 0.416 e. The molecule has 2 aromatic rings. The predicted molar refractivity (Wildman–Crippen MR) is 153 cm³/mol. The minimum Gasteiger partial charge on any atom is -0.493 e. The van der Waals surface area contributed by atoms with Gasteiger partial charge in [0.15, 0.2) is 11.5 Å². The lowest BCUT2D eigenvalue weighted by Crippen LogP contribution is -2.47. The molecule has 2 amide bonds. The molecule has 0 bridgehead atoms. The molecule has 0 spiro atoms. The first-order valence-corrected chi connectivity index (χ1v) is 14.6. The summed E-state index contributed by atoms with van der Waals surface area (Å²) in [7, 11) is 2.45. The zero-order chi connectivity index (χ0) is 33.5. The van der Waals surface area contributed by atoms with E-state index in [-0.39, 0.29) is 30.5 Å². The summed E-state index contributed by atoms with van der Waals surface area (Å²) in [4.78, 5) is 28.7. The number of carbonyl (C=O) groups is 2. The maximum absolute atomic E-state index is 13.6. The van der Waals surface area contributed by atoms with Gasteiger partial charge in [0.1, 0.15) is 0 Å². The van der Waals surface area contributed by atoms with Crippen molar-refractivity contribution in [1.82, 2.24) is 4.90 Å². The summed E-state index contributed by atoms with van der Waals surface area (Å²) < 4.78 is 103. The Morgan fingerprint density at radius 3 is 2.09 bits per heavy atom. The summed E-state index contributed by atoms with van der Waals surface area (Å²) in [5.74, 6) is 0.572. The Morgan fingerprint density at radius 1 is 0.911 bits per heavy atom. The molecular formula is C31H38F6N2O6. The Labute approximate surface area is 258 Å². The highest BCUT2D eigenvalue weighted by atomic mass is 19.4. The van der Waals surface area contributed by atoms with E-state index in [1.165, 1.54) is 12.0 Å². The van der Waals surface area contributed by atoms with Gasteiger partial charge in [0.25, 0.3) is 0 Å². The van der Waals surface area contributed by atoms with Crippen LogP contribution in [0.2, 0.25) is 0 Å². The standard InChI is InChI=1S/C31H38F6N2O6/c1-6-8-9-10-11-45-27-17-25-23(16-26(27)42-4)24(12-19(3)39(25)29(41)44-7-2)38(28(40)43-5)18-20-13-21(30(32,33)34)15-22(14-20)31(35,36)37/h13-17,19,24H,6-12,18H2,1-5H3/t19-,24+/m1/s1. The largest absolute Gasteiger partial charge is 0.493 e. The second-order valence-corrected chi connectivity index (χ2v) is 10.7. The van der Waals surface area contributed by atoms with Crippen LogP contribution in [-0.4, -0.2) is 50.6 Å². The van der Waals surface area contributed by atoms with Gasteiger partial charge in [0, 0.05) is 24.2 Å². The van der Waals surface area contributed by atoms with E-state index >= 15 is 0 Å². The first kappa shape index (κ1) is 35.6. The van der Waals surface area contributed by atoms with Crippen LogP contribution >= 0.6 is 0 Å². The fourth-order valence-electron chi connectivity index (χ4n) is 5.31. The highest BCUT2D eigenvalue weighted by Gasteiger charge is 2.42. The molecule has 1 heterocycles. The minimum absolute atomic E-state index is 0.0236. The molecule has 0 unspecified atom stereocenters. The lowest BCUT2D eigenvalue weighted by molar-refractivity contribution is -0.143. The number of amides is 2. The summed E-state index contributed by atoms with van der Waals surface area (Å²) in [6.07, 6.45) is -8.00. The van der Waals surface area contributed by atoms with Crippen LogP contribution in [0.4, 0.5) is 41.6 Å². The Morgan fingerprint density at radius 2 is 1.56 bits per heavy atom. The lowest BCUT2D eigenvalue weighted by atomic mass is 9.90. The quantitative estimate of drug-likeness (QED) is 0.179. The van der Waals surface area contributed by atoms with Crippen LogP contribution < -0.4 is 14.4 Å². The van der Waals surface area contributed by atoms with Gasteiger partial charge < -0.3 is 18.9 Å². The average molecular weight is 649 g/mol. The predicted octanol–water partition coefficient (Wildman–Crippen LogP) is 8.76. The number of fused-ring (bicyclic) bond motifs is 1. The SMILES string of the molecule is CCCCCCOc1cc2c(cc1OC)[C@@H](N(Cc1cc(C(F)(F)F)cc(C(F)(F)F)c1)C(=O)OC)C[C@@H](C)N2C(=O)OCC. The number of nitrogens with zero attached hydrogens (tertiary/aromatic N) is 2. The molecule has 1 aliphatic heterocycles. The van der Waals surface area contributed by atoms with Gasteiger partial charge in [0.05, 0.1) is 50.3 Å². The summed E-state index contributed by atoms with van der Waals surface area (Å²) in [6.45, 7) is 5.17. The van der Waals surface area contributed by atoms with Gasteiger partial charge in [-0.2, -0.15) is 26.3 Å². The third-order valence-electron chi connectivity index (χ3n) is 7.44. The van der Waals surface area contributed by atoms with Crippen molar-refractivity contribution in [2.45, 2.75) is 83.9 Å². The number of rotatable bonds is 11. The van der Waals surface area contributed by atoms with E-state index in [2.05, 4.69) is 6.92 Å². The van der Waals surface area contributed by atoms with E-state index in [0.29, 0.717) is 30.1 Å². The number of benzene rings is 2. The number of carbonyl (C=O) groups excluding carboxylic acids is 2. The lowest BCUT2D eigenvalue weighted by Gasteiger charge is -2.42. The van der Waals surface area contributed by atoms with Crippen LogP contribution in [0.3, 0.4) is 0 Å². The molecule has 14 heteroatoms. The van der Waals surface area contributed by atoms with Gasteiger partial charge in [-0.05, 0) is 56.5 Å². The van der Waals surface area contributed by atoms with Crippen molar-refractivity contribution in [3.8, 4) is 11.5 Å². The fraction of sp³-hybridized carbons (Fsp3) is 0.548. The van der Waals surface area contributed by atoms with Gasteiger partial charge in [-0.3, -0.25) is 9.80 Å². The summed E-state index contributed by atoms with van der Waals surface area (Å²) in [5.41, 5.74) is -2.81. The molecule has 0 N–H and O–H groups in total. The van der Waals surface area contributed by atoms with Crippen LogP contribution in [0.25, 0.3) is 0 Å². The molecule has 45 heavy (non-hydrogen) atoms. The van der Waals surface area contributed by atoms with Crippen molar-refractivity contribution >= 4 is 17.9 Å². The van der Waals surface area contributed by atoms with Crippen LogP contribution in [0.15, 0.2) is 30.3 Å². The number of anilines is 1. The molecule has 0 fully saturated rings. The highest BCUT2D eigenvalue weighted by Crippen LogP contribution is 2.47. The third kappa shape index (κ3) is 8.66. The topological polar surface area (TPSA) is 77.5 Å². The van der Waals surface area contributed by atoms with Gasteiger partial charge >= 0.3 is 24.5 Å². The molecule has 1 aliphatic rings. The van der Waals surface area contributed by atoms with Crippen LogP contribution in [0.5, 0.6) is 11.5 Å². The van der Waals surface area contributed by atoms with Crippen molar-refractivity contribution in [2.24, 2.45) is 0 Å². The molecule has 3 rings (SSSR count). The Balaban J connectivity index is 2.16. The summed E-state index contributed by atoms with van der Waals surface area (Å²) in [5, 5.41) is 0. The van der Waals surface area contributed by atoms with Crippen molar-refractivity contribution in [1.29, 1.82) is 0 Å². The molecule has 0 aliphatic carbocycles. The normalized spacial score (nSPS) is 16.6. The average Bonchev–Trinajstić information content (AvgIpc) is 2.97. The number of halogens is 6. The number of alkyl halides is 6. The maximum atomic E-state index is 13.6. The highest BCUT2D eigenvalue weighted by molar-refractivity contribution is 5.91. The summed E-state index contributed by atoms with van der Waals surface area (Å²) >= 11 is 0. The molecule has 0 aromatic heterocycles. The second kappa shape index (κ2) is 15.0. The number of methoxy groups -OCH3 is 2. The molecule has 2 aromatic carbocycles. The second-order valence-electron chi connectivity index (χ2n) is 10.7. The molecule has 2 atom stereocenters. The van der Waals surface area contributed by atoms with Crippen LogP contribution in [0.1, 0.15) is 81.2 Å². The van der Waals surface area contributed by atoms with Gasteiger partial charge in [-0.1, -0.05) is 26.2 Å². The van der Waals surface area contributed by atoms with E-state index in [1.807, 2.05) is 0 Å². The monoisotopic (exact) mass is 648 g/mol. The Bertz CT molecular complexity index is 1300.